The number of piperidine rings is 1. The van der Waals surface area contributed by atoms with Crippen molar-refractivity contribution in [3.8, 4) is 0 Å². The largest absolute Gasteiger partial charge is 0.370 e. The summed E-state index contributed by atoms with van der Waals surface area (Å²) in [7, 11) is 0. The zero-order chi connectivity index (χ0) is 21.5. The van der Waals surface area contributed by atoms with Crippen LogP contribution in [0.4, 0.5) is 17.5 Å². The predicted molar refractivity (Wildman–Crippen MR) is 123 cm³/mol. The predicted octanol–water partition coefficient (Wildman–Crippen LogP) is 2.65. The summed E-state index contributed by atoms with van der Waals surface area (Å²) in [6.45, 7) is 8.14. The van der Waals surface area contributed by atoms with Crippen LogP contribution in [-0.4, -0.2) is 71.6 Å². The third-order valence-electron chi connectivity index (χ3n) is 6.23. The maximum atomic E-state index is 12.8. The standard InChI is InChI=1S/C23H33N7O/c1-2-24-20-16-22(27-18-26-20)30-11-5-6-19(17-30)8-9-23(31)29-14-12-28(13-15-29)21-7-3-4-10-25-21/h3-4,7,10,16,18-19H,2,5-6,8-9,11-15,17H2,1H3,(H,24,26,27)/t19-/m1/s1. The molecule has 0 aliphatic carbocycles. The quantitative estimate of drug-likeness (QED) is 0.733. The number of piperazine rings is 1. The molecule has 0 spiro atoms. The van der Waals surface area contributed by atoms with Crippen molar-refractivity contribution in [3.63, 3.8) is 0 Å². The number of amides is 1. The number of nitrogens with one attached hydrogen (secondary N) is 1. The fourth-order valence-corrected chi connectivity index (χ4v) is 4.52. The Labute approximate surface area is 184 Å². The van der Waals surface area contributed by atoms with Gasteiger partial charge in [0.15, 0.2) is 0 Å². The summed E-state index contributed by atoms with van der Waals surface area (Å²) in [5, 5.41) is 3.25. The molecule has 0 unspecified atom stereocenters. The maximum Gasteiger partial charge on any atom is 0.222 e. The molecule has 2 aromatic rings. The second-order valence-electron chi connectivity index (χ2n) is 8.34. The molecule has 8 nitrogen and oxygen atoms in total. The van der Waals surface area contributed by atoms with E-state index in [1.165, 1.54) is 6.42 Å². The number of anilines is 3. The highest BCUT2D eigenvalue weighted by Gasteiger charge is 2.25. The molecule has 2 fully saturated rings. The summed E-state index contributed by atoms with van der Waals surface area (Å²) >= 11 is 0. The molecule has 1 atom stereocenters. The summed E-state index contributed by atoms with van der Waals surface area (Å²) < 4.78 is 0. The number of nitrogens with zero attached hydrogens (tertiary/aromatic N) is 6. The molecule has 0 aromatic carbocycles. The highest BCUT2D eigenvalue weighted by Crippen LogP contribution is 2.26. The number of carbonyl (C=O) groups excluding carboxylic acids is 1. The van der Waals surface area contributed by atoms with Crippen LogP contribution in [-0.2, 0) is 4.79 Å². The number of aromatic nitrogens is 3. The highest BCUT2D eigenvalue weighted by molar-refractivity contribution is 5.76. The normalized spacial score (nSPS) is 19.4. The van der Waals surface area contributed by atoms with Crippen molar-refractivity contribution in [2.24, 2.45) is 5.92 Å². The van der Waals surface area contributed by atoms with Crippen LogP contribution in [0.1, 0.15) is 32.6 Å². The van der Waals surface area contributed by atoms with Crippen LogP contribution >= 0.6 is 0 Å². The van der Waals surface area contributed by atoms with E-state index in [0.29, 0.717) is 12.3 Å². The average Bonchev–Trinajstić information content (AvgIpc) is 2.84. The second-order valence-corrected chi connectivity index (χ2v) is 8.34. The molecule has 2 aliphatic rings. The van der Waals surface area contributed by atoms with Gasteiger partial charge in [0, 0.05) is 64.5 Å². The van der Waals surface area contributed by atoms with Gasteiger partial charge in [-0.1, -0.05) is 6.07 Å². The molecule has 0 saturated carbocycles. The van der Waals surface area contributed by atoms with Crippen molar-refractivity contribution in [2.75, 3.05) is 60.9 Å². The summed E-state index contributed by atoms with van der Waals surface area (Å²) in [6.07, 6.45) is 7.36. The Morgan fingerprint density at radius 1 is 1.06 bits per heavy atom. The van der Waals surface area contributed by atoms with Crippen LogP contribution in [0.25, 0.3) is 0 Å². The molecule has 2 aliphatic heterocycles. The minimum absolute atomic E-state index is 0.286. The number of hydrogen-bond donors (Lipinski definition) is 1. The van der Waals surface area contributed by atoms with Gasteiger partial charge >= 0.3 is 0 Å². The number of hydrogen-bond acceptors (Lipinski definition) is 7. The van der Waals surface area contributed by atoms with Crippen molar-refractivity contribution in [1.29, 1.82) is 0 Å². The lowest BCUT2D eigenvalue weighted by Gasteiger charge is -2.36. The molecule has 166 valence electrons. The molecule has 31 heavy (non-hydrogen) atoms. The van der Waals surface area contributed by atoms with Gasteiger partial charge in [0.2, 0.25) is 5.91 Å². The summed E-state index contributed by atoms with van der Waals surface area (Å²) in [5.74, 6) is 3.67. The highest BCUT2D eigenvalue weighted by atomic mass is 16.2. The third kappa shape index (κ3) is 5.62. The zero-order valence-corrected chi connectivity index (χ0v) is 18.4. The molecule has 2 saturated heterocycles. The molecule has 1 amide bonds. The Morgan fingerprint density at radius 3 is 2.71 bits per heavy atom. The van der Waals surface area contributed by atoms with E-state index in [9.17, 15) is 4.79 Å². The van der Waals surface area contributed by atoms with Crippen molar-refractivity contribution in [2.45, 2.75) is 32.6 Å². The number of carbonyl (C=O) groups is 1. The summed E-state index contributed by atoms with van der Waals surface area (Å²) in [4.78, 5) is 32.6. The van der Waals surface area contributed by atoms with Gasteiger partial charge in [0.25, 0.3) is 0 Å². The molecule has 4 rings (SSSR count). The van der Waals surface area contributed by atoms with Gasteiger partial charge in [-0.05, 0) is 44.2 Å². The topological polar surface area (TPSA) is 77.5 Å². The van der Waals surface area contributed by atoms with E-state index in [4.69, 9.17) is 0 Å². The van der Waals surface area contributed by atoms with E-state index in [-0.39, 0.29) is 5.91 Å². The monoisotopic (exact) mass is 423 g/mol. The van der Waals surface area contributed by atoms with E-state index in [0.717, 1.165) is 76.1 Å². The van der Waals surface area contributed by atoms with Gasteiger partial charge in [0.1, 0.15) is 23.8 Å². The minimum atomic E-state index is 0.286. The van der Waals surface area contributed by atoms with Gasteiger partial charge in [-0.3, -0.25) is 4.79 Å². The fourth-order valence-electron chi connectivity index (χ4n) is 4.52. The molecule has 1 N–H and O–H groups in total. The van der Waals surface area contributed by atoms with Crippen molar-refractivity contribution >= 4 is 23.4 Å². The van der Waals surface area contributed by atoms with Crippen LogP contribution in [0.15, 0.2) is 36.8 Å². The molecule has 4 heterocycles. The Kier molecular flexibility index (Phi) is 7.17. The lowest BCUT2D eigenvalue weighted by molar-refractivity contribution is -0.131. The van der Waals surface area contributed by atoms with Crippen LogP contribution in [0.2, 0.25) is 0 Å². The van der Waals surface area contributed by atoms with Crippen LogP contribution in [0, 0.1) is 5.92 Å². The Balaban J connectivity index is 1.24. The second kappa shape index (κ2) is 10.4. The van der Waals surface area contributed by atoms with Gasteiger partial charge in [-0.25, -0.2) is 15.0 Å². The van der Waals surface area contributed by atoms with Crippen LogP contribution in [0.5, 0.6) is 0 Å². The molecule has 8 heteroatoms. The van der Waals surface area contributed by atoms with Crippen molar-refractivity contribution in [1.82, 2.24) is 19.9 Å². The first-order valence-electron chi connectivity index (χ1n) is 11.5. The van der Waals surface area contributed by atoms with Gasteiger partial charge in [-0.2, -0.15) is 0 Å². The lowest BCUT2D eigenvalue weighted by atomic mass is 9.93. The fraction of sp³-hybridized carbons (Fsp3) is 0.565. The van der Waals surface area contributed by atoms with Gasteiger partial charge < -0.3 is 20.0 Å². The number of pyridine rings is 1. The molecule has 2 aromatic heterocycles. The minimum Gasteiger partial charge on any atom is -0.370 e. The van der Waals surface area contributed by atoms with Crippen molar-refractivity contribution in [3.05, 3.63) is 36.8 Å². The van der Waals surface area contributed by atoms with Crippen molar-refractivity contribution < 1.29 is 4.79 Å². The first kappa shape index (κ1) is 21.3. The SMILES string of the molecule is CCNc1cc(N2CCC[C@H](CCC(=O)N3CCN(c4ccccn4)CC3)C2)ncn1. The first-order valence-corrected chi connectivity index (χ1v) is 11.5. The Hall–Kier alpha value is -2.90. The van der Waals surface area contributed by atoms with E-state index in [2.05, 4.69) is 37.0 Å². The average molecular weight is 424 g/mol. The van der Waals surface area contributed by atoms with Gasteiger partial charge in [-0.15, -0.1) is 0 Å². The molecule has 0 radical (unpaired) electrons. The molecular formula is C23H33N7O. The lowest BCUT2D eigenvalue weighted by Crippen LogP contribution is -2.49. The van der Waals surface area contributed by atoms with Crippen LogP contribution < -0.4 is 15.1 Å². The zero-order valence-electron chi connectivity index (χ0n) is 18.4. The molecule has 0 bridgehead atoms. The maximum absolute atomic E-state index is 12.8. The van der Waals surface area contributed by atoms with E-state index in [1.807, 2.05) is 35.4 Å². The van der Waals surface area contributed by atoms with Gasteiger partial charge in [0.05, 0.1) is 0 Å². The summed E-state index contributed by atoms with van der Waals surface area (Å²) in [5.41, 5.74) is 0. The molecular weight excluding hydrogens is 390 g/mol. The number of rotatable bonds is 7. The van der Waals surface area contributed by atoms with E-state index >= 15 is 0 Å². The third-order valence-corrected chi connectivity index (χ3v) is 6.23. The summed E-state index contributed by atoms with van der Waals surface area (Å²) in [6, 6.07) is 8.00. The van der Waals surface area contributed by atoms with E-state index in [1.54, 1.807) is 6.33 Å². The Bertz CT molecular complexity index is 839. The smallest absolute Gasteiger partial charge is 0.222 e. The van der Waals surface area contributed by atoms with Crippen LogP contribution in [0.3, 0.4) is 0 Å². The van der Waals surface area contributed by atoms with E-state index < -0.39 is 0 Å². The Morgan fingerprint density at radius 2 is 1.94 bits per heavy atom. The first-order chi connectivity index (χ1) is 15.2.